The van der Waals surface area contributed by atoms with Crippen molar-refractivity contribution in [2.75, 3.05) is 6.54 Å². The standard InChI is InChI=1S/C16H24F3NO/c1-11(10-20-15(3,4)5)12(2)13-7-6-8-14(9-13)21-16(17,18)19/h6-9,11-12,20H,10H2,1-5H3. The third kappa shape index (κ3) is 6.85. The summed E-state index contributed by atoms with van der Waals surface area (Å²) in [6, 6.07) is 6.21. The number of nitrogens with one attached hydrogen (secondary N) is 1. The SMILES string of the molecule is CC(CNC(C)(C)C)C(C)c1cccc(OC(F)(F)F)c1. The van der Waals surface area contributed by atoms with Gasteiger partial charge in [-0.15, -0.1) is 13.2 Å². The Morgan fingerprint density at radius 2 is 1.76 bits per heavy atom. The van der Waals surface area contributed by atoms with Crippen molar-refractivity contribution < 1.29 is 17.9 Å². The van der Waals surface area contributed by atoms with Crippen molar-refractivity contribution in [1.82, 2.24) is 5.32 Å². The summed E-state index contributed by atoms with van der Waals surface area (Å²) in [4.78, 5) is 0. The van der Waals surface area contributed by atoms with E-state index in [4.69, 9.17) is 0 Å². The fraction of sp³-hybridized carbons (Fsp3) is 0.625. The van der Waals surface area contributed by atoms with Gasteiger partial charge in [-0.2, -0.15) is 0 Å². The van der Waals surface area contributed by atoms with Crippen molar-refractivity contribution in [1.29, 1.82) is 0 Å². The highest BCUT2D eigenvalue weighted by atomic mass is 19.4. The van der Waals surface area contributed by atoms with Crippen LogP contribution in [0.4, 0.5) is 13.2 Å². The van der Waals surface area contributed by atoms with Gasteiger partial charge in [-0.1, -0.05) is 26.0 Å². The molecule has 0 heterocycles. The summed E-state index contributed by atoms with van der Waals surface area (Å²) in [5.41, 5.74) is 0.870. The molecule has 2 nitrogen and oxygen atoms in total. The zero-order valence-corrected chi connectivity index (χ0v) is 13.2. The molecule has 0 spiro atoms. The van der Waals surface area contributed by atoms with Crippen LogP contribution in [-0.4, -0.2) is 18.4 Å². The highest BCUT2D eigenvalue weighted by Gasteiger charge is 2.31. The van der Waals surface area contributed by atoms with E-state index < -0.39 is 6.36 Å². The molecule has 120 valence electrons. The minimum atomic E-state index is -4.65. The zero-order chi connectivity index (χ0) is 16.3. The molecule has 0 radical (unpaired) electrons. The average Bonchev–Trinajstić information content (AvgIpc) is 2.32. The lowest BCUT2D eigenvalue weighted by Crippen LogP contribution is -2.39. The number of hydrogen-bond donors (Lipinski definition) is 1. The van der Waals surface area contributed by atoms with Gasteiger partial charge in [-0.25, -0.2) is 0 Å². The molecule has 0 aliphatic carbocycles. The van der Waals surface area contributed by atoms with Crippen LogP contribution in [-0.2, 0) is 0 Å². The Kier molecular flexibility index (Phi) is 5.68. The van der Waals surface area contributed by atoms with E-state index in [2.05, 4.69) is 37.7 Å². The summed E-state index contributed by atoms with van der Waals surface area (Å²) in [5, 5.41) is 3.41. The van der Waals surface area contributed by atoms with Crippen molar-refractivity contribution in [2.24, 2.45) is 5.92 Å². The molecule has 1 aromatic carbocycles. The number of ether oxygens (including phenoxy) is 1. The molecule has 2 unspecified atom stereocenters. The van der Waals surface area contributed by atoms with Gasteiger partial charge >= 0.3 is 6.36 Å². The first-order valence-electron chi connectivity index (χ1n) is 7.09. The largest absolute Gasteiger partial charge is 0.573 e. The summed E-state index contributed by atoms with van der Waals surface area (Å²) >= 11 is 0. The summed E-state index contributed by atoms with van der Waals surface area (Å²) in [5.74, 6) is 0.268. The van der Waals surface area contributed by atoms with Gasteiger partial charge in [0, 0.05) is 5.54 Å². The van der Waals surface area contributed by atoms with Crippen molar-refractivity contribution in [3.63, 3.8) is 0 Å². The molecule has 0 fully saturated rings. The molecule has 21 heavy (non-hydrogen) atoms. The zero-order valence-electron chi connectivity index (χ0n) is 13.2. The number of halogens is 3. The predicted molar refractivity (Wildman–Crippen MR) is 78.5 cm³/mol. The first-order chi connectivity index (χ1) is 9.48. The fourth-order valence-corrected chi connectivity index (χ4v) is 1.97. The molecule has 2 atom stereocenters. The van der Waals surface area contributed by atoms with E-state index in [9.17, 15) is 13.2 Å². The van der Waals surface area contributed by atoms with E-state index in [1.165, 1.54) is 12.1 Å². The number of rotatable bonds is 5. The lowest BCUT2D eigenvalue weighted by atomic mass is 9.88. The fourth-order valence-electron chi connectivity index (χ4n) is 1.97. The van der Waals surface area contributed by atoms with Gasteiger partial charge in [0.25, 0.3) is 0 Å². The van der Waals surface area contributed by atoms with Crippen LogP contribution in [0.15, 0.2) is 24.3 Å². The molecular weight excluding hydrogens is 279 g/mol. The van der Waals surface area contributed by atoms with Crippen molar-refractivity contribution in [2.45, 2.75) is 52.4 Å². The normalized spacial score (nSPS) is 15.6. The topological polar surface area (TPSA) is 21.3 Å². The van der Waals surface area contributed by atoms with Crippen LogP contribution in [0.1, 0.15) is 46.1 Å². The monoisotopic (exact) mass is 303 g/mol. The average molecular weight is 303 g/mol. The quantitative estimate of drug-likeness (QED) is 0.850. The Bertz CT molecular complexity index is 452. The Morgan fingerprint density at radius 1 is 1.14 bits per heavy atom. The maximum atomic E-state index is 12.3. The van der Waals surface area contributed by atoms with Gasteiger partial charge in [0.15, 0.2) is 0 Å². The smallest absolute Gasteiger partial charge is 0.406 e. The minimum Gasteiger partial charge on any atom is -0.406 e. The van der Waals surface area contributed by atoms with Crippen molar-refractivity contribution in [3.8, 4) is 5.75 Å². The van der Waals surface area contributed by atoms with E-state index in [-0.39, 0.29) is 17.2 Å². The van der Waals surface area contributed by atoms with E-state index in [1.807, 2.05) is 13.0 Å². The maximum absolute atomic E-state index is 12.3. The van der Waals surface area contributed by atoms with Gasteiger partial charge in [0.1, 0.15) is 5.75 Å². The van der Waals surface area contributed by atoms with Gasteiger partial charge in [-0.05, 0) is 56.8 Å². The van der Waals surface area contributed by atoms with E-state index in [0.29, 0.717) is 5.92 Å². The molecule has 1 aromatic rings. The van der Waals surface area contributed by atoms with Crippen LogP contribution >= 0.6 is 0 Å². The minimum absolute atomic E-state index is 0.0230. The van der Waals surface area contributed by atoms with E-state index >= 15 is 0 Å². The number of alkyl halides is 3. The van der Waals surface area contributed by atoms with Crippen LogP contribution in [0.3, 0.4) is 0 Å². The van der Waals surface area contributed by atoms with Gasteiger partial charge in [0.2, 0.25) is 0 Å². The summed E-state index contributed by atoms with van der Waals surface area (Å²) < 4.78 is 40.7. The second-order valence-corrected chi connectivity index (χ2v) is 6.52. The number of benzene rings is 1. The molecule has 1 rings (SSSR count). The van der Waals surface area contributed by atoms with Gasteiger partial charge in [0.05, 0.1) is 0 Å². The first-order valence-corrected chi connectivity index (χ1v) is 7.09. The Balaban J connectivity index is 2.73. The van der Waals surface area contributed by atoms with E-state index in [0.717, 1.165) is 12.1 Å². The lowest BCUT2D eigenvalue weighted by Gasteiger charge is -2.27. The van der Waals surface area contributed by atoms with Crippen LogP contribution in [0.5, 0.6) is 5.75 Å². The first kappa shape index (κ1) is 17.8. The van der Waals surface area contributed by atoms with Crippen LogP contribution in [0.25, 0.3) is 0 Å². The van der Waals surface area contributed by atoms with Gasteiger partial charge < -0.3 is 10.1 Å². The Labute approximate surface area is 124 Å². The van der Waals surface area contributed by atoms with Crippen LogP contribution in [0, 0.1) is 5.92 Å². The van der Waals surface area contributed by atoms with Crippen LogP contribution < -0.4 is 10.1 Å². The predicted octanol–water partition coefficient (Wildman–Crippen LogP) is 4.71. The van der Waals surface area contributed by atoms with E-state index in [1.54, 1.807) is 6.07 Å². The summed E-state index contributed by atoms with van der Waals surface area (Å²) in [6.45, 7) is 11.2. The second kappa shape index (κ2) is 6.69. The molecular formula is C16H24F3NO. The molecule has 1 N–H and O–H groups in total. The Morgan fingerprint density at radius 3 is 2.29 bits per heavy atom. The molecule has 0 aromatic heterocycles. The molecule has 0 amide bonds. The van der Waals surface area contributed by atoms with Crippen molar-refractivity contribution >= 4 is 0 Å². The maximum Gasteiger partial charge on any atom is 0.573 e. The van der Waals surface area contributed by atoms with Gasteiger partial charge in [-0.3, -0.25) is 0 Å². The molecule has 0 aliphatic heterocycles. The molecule has 0 saturated carbocycles. The third-order valence-corrected chi connectivity index (χ3v) is 3.43. The molecule has 5 heteroatoms. The molecule has 0 bridgehead atoms. The molecule has 0 saturated heterocycles. The highest BCUT2D eigenvalue weighted by molar-refractivity contribution is 5.31. The summed E-state index contributed by atoms with van der Waals surface area (Å²) in [7, 11) is 0. The third-order valence-electron chi connectivity index (χ3n) is 3.43. The second-order valence-electron chi connectivity index (χ2n) is 6.52. The summed E-state index contributed by atoms with van der Waals surface area (Å²) in [6.07, 6.45) is -4.65. The lowest BCUT2D eigenvalue weighted by molar-refractivity contribution is -0.274. The Hall–Kier alpha value is -1.23. The molecule has 0 aliphatic rings. The highest BCUT2D eigenvalue weighted by Crippen LogP contribution is 2.29. The van der Waals surface area contributed by atoms with Crippen LogP contribution in [0.2, 0.25) is 0 Å². The number of hydrogen-bond acceptors (Lipinski definition) is 2. The van der Waals surface area contributed by atoms with Crippen molar-refractivity contribution in [3.05, 3.63) is 29.8 Å².